The van der Waals surface area contributed by atoms with Crippen molar-refractivity contribution in [3.05, 3.63) is 88.9 Å². The fourth-order valence-electron chi connectivity index (χ4n) is 3.12. The van der Waals surface area contributed by atoms with Crippen LogP contribution in [-0.2, 0) is 21.4 Å². The molecule has 0 aromatic heterocycles. The van der Waals surface area contributed by atoms with Crippen molar-refractivity contribution in [2.45, 2.75) is 25.3 Å². The van der Waals surface area contributed by atoms with E-state index < -0.39 is 15.9 Å². The summed E-state index contributed by atoms with van der Waals surface area (Å²) in [6.45, 7) is 3.88. The molecule has 0 aliphatic rings. The molecule has 0 spiro atoms. The second-order valence-corrected chi connectivity index (χ2v) is 9.54. The topological polar surface area (TPSA) is 75.7 Å². The third-order valence-electron chi connectivity index (χ3n) is 4.77. The smallest absolute Gasteiger partial charge is 0.243 e. The summed E-state index contributed by atoms with van der Waals surface area (Å²) in [4.78, 5) is 12.9. The van der Waals surface area contributed by atoms with Gasteiger partial charge in [-0.2, -0.15) is 4.31 Å². The van der Waals surface area contributed by atoms with Gasteiger partial charge in [-0.25, -0.2) is 8.42 Å². The number of sulfonamides is 1. The zero-order valence-electron chi connectivity index (χ0n) is 17.9. The van der Waals surface area contributed by atoms with Crippen LogP contribution in [-0.4, -0.2) is 31.8 Å². The van der Waals surface area contributed by atoms with Gasteiger partial charge in [0.05, 0.1) is 18.0 Å². The molecule has 0 atom stereocenters. The monoisotopic (exact) mass is 472 g/mol. The molecule has 168 valence electrons. The van der Waals surface area contributed by atoms with Crippen LogP contribution in [0.3, 0.4) is 0 Å². The summed E-state index contributed by atoms with van der Waals surface area (Å²) in [5.41, 5.74) is 2.14. The first-order valence-corrected chi connectivity index (χ1v) is 11.9. The molecule has 6 nitrogen and oxygen atoms in total. The highest BCUT2D eigenvalue weighted by molar-refractivity contribution is 7.89. The quantitative estimate of drug-likeness (QED) is 0.481. The zero-order valence-corrected chi connectivity index (χ0v) is 19.5. The number of nitrogens with one attached hydrogen (secondary N) is 1. The molecule has 3 aromatic carbocycles. The molecule has 8 heteroatoms. The fraction of sp³-hybridized carbons (Fsp3) is 0.208. The largest absolute Gasteiger partial charge is 0.494 e. The minimum atomic E-state index is -3.95. The maximum atomic E-state index is 13.4. The minimum absolute atomic E-state index is 0.0539. The van der Waals surface area contributed by atoms with Crippen LogP contribution in [0, 0.1) is 6.92 Å². The number of rotatable bonds is 9. The lowest BCUT2D eigenvalue weighted by atomic mass is 10.2. The molecule has 0 radical (unpaired) electrons. The van der Waals surface area contributed by atoms with E-state index in [4.69, 9.17) is 16.3 Å². The summed E-state index contributed by atoms with van der Waals surface area (Å²) in [5, 5.41) is 3.25. The molecular formula is C24H25ClN2O4S. The zero-order chi connectivity index (χ0) is 23.1. The maximum absolute atomic E-state index is 13.4. The lowest BCUT2D eigenvalue weighted by Crippen LogP contribution is -2.37. The normalized spacial score (nSPS) is 11.4. The van der Waals surface area contributed by atoms with Crippen LogP contribution in [0.2, 0.25) is 5.02 Å². The van der Waals surface area contributed by atoms with E-state index in [1.807, 2.05) is 44.2 Å². The Labute approximate surface area is 193 Å². The van der Waals surface area contributed by atoms with Crippen LogP contribution in [0.15, 0.2) is 77.7 Å². The Morgan fingerprint density at radius 2 is 1.72 bits per heavy atom. The summed E-state index contributed by atoms with van der Waals surface area (Å²) in [5.74, 6) is 0.121. The Balaban J connectivity index is 1.87. The molecule has 3 aromatic rings. The van der Waals surface area contributed by atoms with Crippen molar-refractivity contribution in [1.29, 1.82) is 0 Å². The van der Waals surface area contributed by atoms with Crippen LogP contribution >= 0.6 is 11.6 Å². The van der Waals surface area contributed by atoms with Gasteiger partial charge in [0.1, 0.15) is 5.75 Å². The van der Waals surface area contributed by atoms with E-state index in [-0.39, 0.29) is 18.0 Å². The van der Waals surface area contributed by atoms with Gasteiger partial charge in [0.2, 0.25) is 15.9 Å². The number of aryl methyl sites for hydroxylation is 1. The predicted molar refractivity (Wildman–Crippen MR) is 126 cm³/mol. The summed E-state index contributed by atoms with van der Waals surface area (Å²) >= 11 is 6.03. The van der Waals surface area contributed by atoms with Crippen LogP contribution in [0.1, 0.15) is 18.1 Å². The standard InChI is InChI=1S/C24H25ClN2O4S/c1-3-31-21-11-13-22(14-12-21)32(29,30)27(16-19-7-5-4-6-8-19)17-24(28)26-23-15-20(25)10-9-18(23)2/h4-15H,3,16-17H2,1-2H3,(H,26,28). The second kappa shape index (κ2) is 10.6. The number of hydrogen-bond acceptors (Lipinski definition) is 4. The molecule has 3 rings (SSSR count). The highest BCUT2D eigenvalue weighted by Gasteiger charge is 2.27. The molecule has 0 saturated heterocycles. The van der Waals surface area contributed by atoms with Crippen LogP contribution in [0.25, 0.3) is 0 Å². The lowest BCUT2D eigenvalue weighted by molar-refractivity contribution is -0.116. The molecule has 32 heavy (non-hydrogen) atoms. The highest BCUT2D eigenvalue weighted by atomic mass is 35.5. The van der Waals surface area contributed by atoms with E-state index >= 15 is 0 Å². The number of halogens is 1. The lowest BCUT2D eigenvalue weighted by Gasteiger charge is -2.22. The fourth-order valence-corrected chi connectivity index (χ4v) is 4.67. The van der Waals surface area contributed by atoms with Gasteiger partial charge in [-0.05, 0) is 61.4 Å². The van der Waals surface area contributed by atoms with E-state index in [0.29, 0.717) is 23.1 Å². The van der Waals surface area contributed by atoms with E-state index in [0.717, 1.165) is 15.4 Å². The summed E-state index contributed by atoms with van der Waals surface area (Å²) in [7, 11) is -3.95. The Morgan fingerprint density at radius 3 is 2.38 bits per heavy atom. The third kappa shape index (κ3) is 6.09. The molecule has 0 heterocycles. The van der Waals surface area contributed by atoms with Gasteiger partial charge in [0.15, 0.2) is 0 Å². The molecule has 0 aliphatic carbocycles. The van der Waals surface area contributed by atoms with Crippen molar-refractivity contribution in [1.82, 2.24) is 4.31 Å². The van der Waals surface area contributed by atoms with Crippen molar-refractivity contribution in [3.8, 4) is 5.75 Å². The highest BCUT2D eigenvalue weighted by Crippen LogP contribution is 2.23. The van der Waals surface area contributed by atoms with Gasteiger partial charge in [-0.3, -0.25) is 4.79 Å². The van der Waals surface area contributed by atoms with E-state index in [9.17, 15) is 13.2 Å². The van der Waals surface area contributed by atoms with E-state index in [1.54, 1.807) is 30.3 Å². The Kier molecular flexibility index (Phi) is 7.90. The number of hydrogen-bond donors (Lipinski definition) is 1. The number of carbonyl (C=O) groups excluding carboxylic acids is 1. The number of nitrogens with zero attached hydrogens (tertiary/aromatic N) is 1. The SMILES string of the molecule is CCOc1ccc(S(=O)(=O)N(CC(=O)Nc2cc(Cl)ccc2C)Cc2ccccc2)cc1. The van der Waals surface area contributed by atoms with Gasteiger partial charge < -0.3 is 10.1 Å². The van der Waals surface area contributed by atoms with E-state index in [2.05, 4.69) is 5.32 Å². The Hall–Kier alpha value is -2.87. The van der Waals surface area contributed by atoms with Crippen LogP contribution in [0.4, 0.5) is 5.69 Å². The number of carbonyl (C=O) groups is 1. The molecule has 0 fully saturated rings. The van der Waals surface area contributed by atoms with Crippen molar-refractivity contribution < 1.29 is 17.9 Å². The predicted octanol–water partition coefficient (Wildman–Crippen LogP) is 4.88. The van der Waals surface area contributed by atoms with Crippen molar-refractivity contribution in [3.63, 3.8) is 0 Å². The number of ether oxygens (including phenoxy) is 1. The van der Waals surface area contributed by atoms with Crippen molar-refractivity contribution in [2.75, 3.05) is 18.5 Å². The molecule has 0 unspecified atom stereocenters. The van der Waals surface area contributed by atoms with Crippen molar-refractivity contribution >= 4 is 33.2 Å². The first-order chi connectivity index (χ1) is 15.3. The average molecular weight is 473 g/mol. The van der Waals surface area contributed by atoms with Gasteiger partial charge in [0, 0.05) is 17.3 Å². The molecule has 1 N–H and O–H groups in total. The number of anilines is 1. The molecule has 0 saturated carbocycles. The molecule has 1 amide bonds. The Bertz CT molecular complexity index is 1170. The number of benzene rings is 3. The summed E-state index contributed by atoms with van der Waals surface area (Å²) in [6, 6.07) is 20.5. The minimum Gasteiger partial charge on any atom is -0.494 e. The van der Waals surface area contributed by atoms with Gasteiger partial charge in [-0.15, -0.1) is 0 Å². The maximum Gasteiger partial charge on any atom is 0.243 e. The van der Waals surface area contributed by atoms with E-state index in [1.165, 1.54) is 12.1 Å². The molecule has 0 bridgehead atoms. The van der Waals surface area contributed by atoms with Gasteiger partial charge in [0.25, 0.3) is 0 Å². The first-order valence-electron chi connectivity index (χ1n) is 10.1. The molecule has 0 aliphatic heterocycles. The number of amides is 1. The second-order valence-electron chi connectivity index (χ2n) is 7.17. The summed E-state index contributed by atoms with van der Waals surface area (Å²) < 4.78 is 33.4. The molecular weight excluding hydrogens is 448 g/mol. The third-order valence-corrected chi connectivity index (χ3v) is 6.81. The Morgan fingerprint density at radius 1 is 1.03 bits per heavy atom. The summed E-state index contributed by atoms with van der Waals surface area (Å²) in [6.07, 6.45) is 0. The van der Waals surface area contributed by atoms with Crippen LogP contribution < -0.4 is 10.1 Å². The average Bonchev–Trinajstić information content (AvgIpc) is 2.77. The van der Waals surface area contributed by atoms with Crippen LogP contribution in [0.5, 0.6) is 5.75 Å². The van der Waals surface area contributed by atoms with Crippen molar-refractivity contribution in [2.24, 2.45) is 0 Å². The van der Waals surface area contributed by atoms with Gasteiger partial charge in [-0.1, -0.05) is 48.0 Å². The first kappa shape index (κ1) is 23.8. The van der Waals surface area contributed by atoms with Gasteiger partial charge >= 0.3 is 0 Å².